The number of Topliss-reactive ketones (excluding diaryl/α,β-unsaturated/α-hetero) is 3. The van der Waals surface area contributed by atoms with Crippen LogP contribution in [0.5, 0.6) is 0 Å². The molecule has 11 heteroatoms. The summed E-state index contributed by atoms with van der Waals surface area (Å²) in [7, 11) is 4.12. The zero-order valence-electron chi connectivity index (χ0n) is 42.4. The Morgan fingerprint density at radius 3 is 1.61 bits per heavy atom. The van der Waals surface area contributed by atoms with Gasteiger partial charge in [-0.2, -0.15) is 0 Å². The zero-order chi connectivity index (χ0) is 47.6. The third-order valence-corrected chi connectivity index (χ3v) is 14.9. The number of ketones is 3. The maximum absolute atomic E-state index is 13.2. The number of aromatic amines is 1. The van der Waals surface area contributed by atoms with Crippen LogP contribution in [0.25, 0.3) is 32.7 Å². The first-order valence-corrected chi connectivity index (χ1v) is 24.8. The quantitative estimate of drug-likeness (QED) is 0.160. The third kappa shape index (κ3) is 9.75. The van der Waals surface area contributed by atoms with Crippen molar-refractivity contribution in [2.75, 3.05) is 0 Å². The molecule has 5 aliphatic rings. The summed E-state index contributed by atoms with van der Waals surface area (Å²) in [5.41, 5.74) is 15.4. The van der Waals surface area contributed by atoms with Crippen molar-refractivity contribution in [3.8, 4) is 0 Å². The van der Waals surface area contributed by atoms with Crippen molar-refractivity contribution < 1.29 is 47.1 Å². The SMILES string of the molecule is CC.CCn1c2c(c3ccccc31)C(=O)C(CC1=C(C)CC=N1)CC2.Cc1[nH]cnc1CC1CCc2c(c3ccccc3n2C)C1=O.Cn1c2c(c3ccccc31)C(=O)C(CC1=[C-]CC=N1)CC2.[CH3-].[Y]. The van der Waals surface area contributed by atoms with E-state index in [0.29, 0.717) is 5.78 Å². The van der Waals surface area contributed by atoms with E-state index in [0.717, 1.165) is 144 Å². The number of aromatic nitrogens is 5. The van der Waals surface area contributed by atoms with Gasteiger partial charge in [0, 0.05) is 168 Å². The van der Waals surface area contributed by atoms with Gasteiger partial charge in [0.15, 0.2) is 17.3 Å². The Kier molecular flexibility index (Phi) is 16.9. The number of para-hydroxylation sites is 3. The Bertz CT molecular complexity index is 3200. The number of hydrogen-bond donors (Lipinski definition) is 1. The molecule has 0 fully saturated rings. The number of hydrogen-bond acceptors (Lipinski definition) is 6. The number of fused-ring (bicyclic) bond motifs is 9. The molecule has 0 bridgehead atoms. The van der Waals surface area contributed by atoms with Gasteiger partial charge < -0.3 is 37.2 Å². The second-order valence-corrected chi connectivity index (χ2v) is 18.6. The zero-order valence-corrected chi connectivity index (χ0v) is 45.2. The molecule has 0 saturated heterocycles. The number of imidazole rings is 1. The minimum atomic E-state index is 0. The first-order chi connectivity index (χ1) is 33.1. The minimum Gasteiger partial charge on any atom is -0.468 e. The maximum Gasteiger partial charge on any atom is 0.168 e. The van der Waals surface area contributed by atoms with E-state index in [1.807, 2.05) is 63.5 Å². The maximum atomic E-state index is 13.2. The van der Waals surface area contributed by atoms with Crippen molar-refractivity contribution in [1.82, 2.24) is 23.7 Å². The molecule has 0 amide bonds. The van der Waals surface area contributed by atoms with E-state index in [2.05, 4.69) is 110 Å². The van der Waals surface area contributed by atoms with Crippen molar-refractivity contribution in [3.63, 3.8) is 0 Å². The van der Waals surface area contributed by atoms with Gasteiger partial charge in [-0.3, -0.25) is 19.4 Å². The molecule has 6 heterocycles. The van der Waals surface area contributed by atoms with Gasteiger partial charge in [0.2, 0.25) is 0 Å². The van der Waals surface area contributed by atoms with Gasteiger partial charge in [-0.15, -0.1) is 12.1 Å². The van der Waals surface area contributed by atoms with Gasteiger partial charge in [0.25, 0.3) is 0 Å². The van der Waals surface area contributed by atoms with Crippen LogP contribution in [-0.4, -0.2) is 53.4 Å². The number of carbonyl (C=O) groups is 3. The van der Waals surface area contributed by atoms with Crippen LogP contribution < -0.4 is 0 Å². The number of allylic oxidation sites excluding steroid dienone is 4. The Balaban J connectivity index is 0.000000150. The van der Waals surface area contributed by atoms with E-state index < -0.39 is 0 Å². The van der Waals surface area contributed by atoms with Crippen LogP contribution >= 0.6 is 0 Å². The summed E-state index contributed by atoms with van der Waals surface area (Å²) in [6.45, 7) is 11.2. The molecule has 0 spiro atoms. The Hall–Kier alpha value is -5.58. The van der Waals surface area contributed by atoms with Crippen LogP contribution in [0.15, 0.2) is 106 Å². The fourth-order valence-corrected chi connectivity index (χ4v) is 11.3. The van der Waals surface area contributed by atoms with Crippen molar-refractivity contribution in [2.24, 2.45) is 41.8 Å². The molecule has 1 N–H and O–H groups in total. The van der Waals surface area contributed by atoms with E-state index in [9.17, 15) is 14.4 Å². The van der Waals surface area contributed by atoms with Crippen molar-refractivity contribution in [3.05, 3.63) is 155 Å². The number of aryl methyl sites for hydroxylation is 4. The molecular formula is C59H67N7O3Y-2. The second kappa shape index (κ2) is 22.7. The predicted octanol–water partition coefficient (Wildman–Crippen LogP) is 12.7. The van der Waals surface area contributed by atoms with E-state index in [1.54, 1.807) is 6.33 Å². The molecular weight excluding hydrogens is 944 g/mol. The van der Waals surface area contributed by atoms with Gasteiger partial charge >= 0.3 is 0 Å². The Labute approximate surface area is 438 Å². The summed E-state index contributed by atoms with van der Waals surface area (Å²) in [6, 6.07) is 24.7. The fraction of sp³-hybridized carbons (Fsp3) is 0.373. The monoisotopic (exact) mass is 1010 g/mol. The number of carbonyl (C=O) groups excluding carboxylic acids is 3. The van der Waals surface area contributed by atoms with Crippen LogP contribution in [0.4, 0.5) is 0 Å². The summed E-state index contributed by atoms with van der Waals surface area (Å²) >= 11 is 0. The van der Waals surface area contributed by atoms with Gasteiger partial charge in [0.1, 0.15) is 0 Å². The summed E-state index contributed by atoms with van der Waals surface area (Å²) in [5.74, 6) is 1.06. The Morgan fingerprint density at radius 1 is 0.643 bits per heavy atom. The molecule has 3 unspecified atom stereocenters. The van der Waals surface area contributed by atoms with Crippen LogP contribution in [0, 0.1) is 38.2 Å². The minimum absolute atomic E-state index is 0. The predicted molar refractivity (Wildman–Crippen MR) is 282 cm³/mol. The van der Waals surface area contributed by atoms with Crippen molar-refractivity contribution in [1.29, 1.82) is 0 Å². The number of nitrogens with zero attached hydrogens (tertiary/aromatic N) is 6. The van der Waals surface area contributed by atoms with E-state index in [1.165, 1.54) is 28.2 Å². The number of rotatable bonds is 7. The molecule has 10 nitrogen and oxygen atoms in total. The van der Waals surface area contributed by atoms with Crippen molar-refractivity contribution in [2.45, 2.75) is 112 Å². The van der Waals surface area contributed by atoms with Crippen LogP contribution in [0.1, 0.15) is 132 Å². The molecule has 0 saturated carbocycles. The Morgan fingerprint density at radius 2 is 1.13 bits per heavy atom. The van der Waals surface area contributed by atoms with E-state index >= 15 is 0 Å². The van der Waals surface area contributed by atoms with Gasteiger partial charge in [0.05, 0.1) is 12.0 Å². The molecule has 4 aromatic heterocycles. The number of nitrogens with one attached hydrogen (secondary N) is 1. The van der Waals surface area contributed by atoms with Crippen LogP contribution in [0.3, 0.4) is 0 Å². The number of aliphatic imine (C=N–C) groups is 2. The molecule has 70 heavy (non-hydrogen) atoms. The van der Waals surface area contributed by atoms with Gasteiger partial charge in [-0.1, -0.05) is 68.4 Å². The van der Waals surface area contributed by atoms with Crippen LogP contribution in [0.2, 0.25) is 0 Å². The molecule has 2 aliphatic heterocycles. The molecule has 3 aliphatic carbocycles. The summed E-state index contributed by atoms with van der Waals surface area (Å²) < 4.78 is 6.67. The van der Waals surface area contributed by atoms with Gasteiger partial charge in [-0.25, -0.2) is 4.98 Å². The first kappa shape index (κ1) is 52.3. The normalized spacial score (nSPS) is 18.8. The molecule has 3 aromatic carbocycles. The van der Waals surface area contributed by atoms with Crippen molar-refractivity contribution >= 4 is 62.5 Å². The summed E-state index contributed by atoms with van der Waals surface area (Å²) in [4.78, 5) is 55.4. The van der Waals surface area contributed by atoms with E-state index in [-0.39, 0.29) is 69.5 Å². The average Bonchev–Trinajstić information content (AvgIpc) is 4.24. The average molecular weight is 1010 g/mol. The topological polar surface area (TPSA) is 119 Å². The standard InChI is InChI=1S/C20H22N2O.C18H19N3O.C18H17N2O.C2H6.CH3.Y/c1-3-22-17-7-5-4-6-15(17)19-18(22)9-8-14(20(19)23)12-16-13(2)10-11-21-16;1-11-14(20-10-19-11)9-12-7-8-16-17(18(12)22)13-5-3-4-6-15(13)21(16)2;1-20-15-7-3-2-6-14(15)17-16(20)9-8-12(18(17)21)11-13-5-4-10-19-13;1-2;;/h4-7,11,14H,3,8-10,12H2,1-2H3;3-6,10,12H,7-9H2,1-2H3,(H,19,20);2-3,6-7,10,12H,4,8-9,11H2,1H3;1-2H3;1H3;/q;;-1;;-1;. The van der Waals surface area contributed by atoms with Gasteiger partial charge in [-0.05, 0) is 102 Å². The smallest absolute Gasteiger partial charge is 0.168 e. The molecule has 3 atom stereocenters. The molecule has 12 rings (SSSR count). The fourth-order valence-electron chi connectivity index (χ4n) is 11.3. The second-order valence-electron chi connectivity index (χ2n) is 18.6. The third-order valence-electron chi connectivity index (χ3n) is 14.9. The van der Waals surface area contributed by atoms with Crippen LogP contribution in [-0.2, 0) is 79.0 Å². The molecule has 7 aromatic rings. The number of benzene rings is 3. The number of H-pyrrole nitrogens is 1. The van der Waals surface area contributed by atoms with E-state index in [4.69, 9.17) is 0 Å². The summed E-state index contributed by atoms with van der Waals surface area (Å²) in [6.07, 6.45) is 18.4. The molecule has 361 valence electrons. The molecule has 1 radical (unpaired) electrons. The first-order valence-electron chi connectivity index (χ1n) is 24.8. The largest absolute Gasteiger partial charge is 0.468 e. The summed E-state index contributed by atoms with van der Waals surface area (Å²) in [5, 5.41) is 3.31.